The number of hydrogen-bond donors (Lipinski definition) is 2. The van der Waals surface area contributed by atoms with Gasteiger partial charge in [-0.1, -0.05) is 0 Å². The Morgan fingerprint density at radius 2 is 1.62 bits per heavy atom. The molecule has 0 radical (unpaired) electrons. The number of hydrogen-bond acceptors (Lipinski definition) is 5. The molecule has 0 fully saturated rings. The van der Waals surface area contributed by atoms with Crippen LogP contribution in [0.3, 0.4) is 0 Å². The maximum atomic E-state index is 11.5. The summed E-state index contributed by atoms with van der Waals surface area (Å²) in [7, 11) is 0. The molecule has 2 N–H and O–H groups in total. The van der Waals surface area contributed by atoms with E-state index in [4.69, 9.17) is 0 Å². The van der Waals surface area contributed by atoms with Gasteiger partial charge < -0.3 is 5.32 Å². The Kier molecular flexibility index (Phi) is 5.11. The van der Waals surface area contributed by atoms with Gasteiger partial charge in [-0.25, -0.2) is 5.43 Å². The van der Waals surface area contributed by atoms with Crippen molar-refractivity contribution in [3.8, 4) is 0 Å². The number of nitrogens with one attached hydrogen (secondary N) is 2. The molecule has 0 saturated carbocycles. The maximum absolute atomic E-state index is 11.5. The number of pyridine rings is 2. The lowest BCUT2D eigenvalue weighted by atomic mass is 10.3. The van der Waals surface area contributed by atoms with Gasteiger partial charge in [0, 0.05) is 31.3 Å². The van der Waals surface area contributed by atoms with Crippen molar-refractivity contribution >= 4 is 18.0 Å². The molecule has 106 valence electrons. The highest BCUT2D eigenvalue weighted by molar-refractivity contribution is 6.35. The third-order valence-corrected chi connectivity index (χ3v) is 2.49. The van der Waals surface area contributed by atoms with E-state index < -0.39 is 11.8 Å². The fourth-order valence-electron chi connectivity index (χ4n) is 1.43. The number of hydrazone groups is 1. The number of aromatic nitrogens is 2. The third kappa shape index (κ3) is 4.83. The molecular formula is C14H13N5O2. The second kappa shape index (κ2) is 7.49. The van der Waals surface area contributed by atoms with Crippen molar-refractivity contribution in [1.29, 1.82) is 0 Å². The molecular weight excluding hydrogens is 270 g/mol. The Hall–Kier alpha value is -3.09. The van der Waals surface area contributed by atoms with Crippen molar-refractivity contribution in [2.75, 3.05) is 0 Å². The lowest BCUT2D eigenvalue weighted by molar-refractivity contribution is -0.139. The van der Waals surface area contributed by atoms with Gasteiger partial charge in [0.05, 0.1) is 6.21 Å². The van der Waals surface area contributed by atoms with Gasteiger partial charge in [0.2, 0.25) is 0 Å². The first-order chi connectivity index (χ1) is 10.3. The summed E-state index contributed by atoms with van der Waals surface area (Å²) in [6.07, 6.45) is 7.85. The van der Waals surface area contributed by atoms with Crippen LogP contribution >= 0.6 is 0 Å². The number of rotatable bonds is 4. The molecule has 21 heavy (non-hydrogen) atoms. The molecule has 2 heterocycles. The van der Waals surface area contributed by atoms with Gasteiger partial charge in [-0.2, -0.15) is 5.10 Å². The topological polar surface area (TPSA) is 96.3 Å². The van der Waals surface area contributed by atoms with Gasteiger partial charge in [0.15, 0.2) is 0 Å². The Bertz CT molecular complexity index is 628. The number of nitrogens with zero attached hydrogens (tertiary/aromatic N) is 3. The van der Waals surface area contributed by atoms with E-state index in [1.165, 1.54) is 6.21 Å². The molecule has 0 spiro atoms. The first-order valence-electron chi connectivity index (χ1n) is 6.16. The molecule has 0 bridgehead atoms. The second-order valence-electron chi connectivity index (χ2n) is 4.02. The predicted molar refractivity (Wildman–Crippen MR) is 76.1 cm³/mol. The summed E-state index contributed by atoms with van der Waals surface area (Å²) in [5, 5.41) is 6.18. The SMILES string of the molecule is O=C(NCc1ccncc1)C(=O)N/N=C/c1ccncc1. The lowest BCUT2D eigenvalue weighted by Gasteiger charge is -2.03. The first kappa shape index (κ1) is 14.3. The van der Waals surface area contributed by atoms with Gasteiger partial charge in [0.1, 0.15) is 0 Å². The summed E-state index contributed by atoms with van der Waals surface area (Å²) in [5.41, 5.74) is 3.77. The highest BCUT2D eigenvalue weighted by Crippen LogP contribution is 1.94. The molecule has 2 amide bonds. The average molecular weight is 283 g/mol. The van der Waals surface area contributed by atoms with Crippen LogP contribution in [0.15, 0.2) is 54.2 Å². The Morgan fingerprint density at radius 3 is 2.29 bits per heavy atom. The summed E-state index contributed by atoms with van der Waals surface area (Å²) in [5.74, 6) is -1.58. The molecule has 2 rings (SSSR count). The van der Waals surface area contributed by atoms with Crippen molar-refractivity contribution < 1.29 is 9.59 Å². The van der Waals surface area contributed by atoms with Crippen molar-refractivity contribution in [3.05, 3.63) is 60.2 Å². The monoisotopic (exact) mass is 283 g/mol. The van der Waals surface area contributed by atoms with Crippen molar-refractivity contribution in [3.63, 3.8) is 0 Å². The van der Waals surface area contributed by atoms with E-state index in [9.17, 15) is 9.59 Å². The zero-order valence-electron chi connectivity index (χ0n) is 11.1. The highest BCUT2D eigenvalue weighted by Gasteiger charge is 2.11. The second-order valence-corrected chi connectivity index (χ2v) is 4.02. The summed E-state index contributed by atoms with van der Waals surface area (Å²) < 4.78 is 0. The third-order valence-electron chi connectivity index (χ3n) is 2.49. The van der Waals surface area contributed by atoms with Crippen LogP contribution in [0.25, 0.3) is 0 Å². The number of carbonyl (C=O) groups excluding carboxylic acids is 2. The zero-order chi connectivity index (χ0) is 14.9. The van der Waals surface area contributed by atoms with Crippen molar-refractivity contribution in [2.45, 2.75) is 6.54 Å². The Balaban J connectivity index is 1.78. The molecule has 7 nitrogen and oxygen atoms in total. The Morgan fingerprint density at radius 1 is 1.00 bits per heavy atom. The molecule has 0 unspecified atom stereocenters. The Labute approximate surface area is 121 Å². The first-order valence-corrected chi connectivity index (χ1v) is 6.16. The zero-order valence-corrected chi connectivity index (χ0v) is 11.1. The van der Waals surface area contributed by atoms with Crippen LogP contribution in [0.2, 0.25) is 0 Å². The molecule has 7 heteroatoms. The van der Waals surface area contributed by atoms with E-state index in [1.807, 2.05) is 0 Å². The summed E-state index contributed by atoms with van der Waals surface area (Å²) in [6.45, 7) is 0.253. The van der Waals surface area contributed by atoms with Gasteiger partial charge in [-0.05, 0) is 35.4 Å². The molecule has 0 aliphatic rings. The molecule has 2 aromatic rings. The molecule has 0 aliphatic carbocycles. The predicted octanol–water partition coefficient (Wildman–Crippen LogP) is 0.243. The maximum Gasteiger partial charge on any atom is 0.329 e. The average Bonchev–Trinajstić information content (AvgIpc) is 2.54. The van der Waals surface area contributed by atoms with E-state index >= 15 is 0 Å². The highest BCUT2D eigenvalue weighted by atomic mass is 16.2. The molecule has 2 aromatic heterocycles. The van der Waals surface area contributed by atoms with E-state index in [1.54, 1.807) is 49.1 Å². The summed E-state index contributed by atoms with van der Waals surface area (Å²) >= 11 is 0. The minimum atomic E-state index is -0.825. The normalized spacial score (nSPS) is 10.3. The van der Waals surface area contributed by atoms with Crippen LogP contribution in [-0.2, 0) is 16.1 Å². The van der Waals surface area contributed by atoms with E-state index in [-0.39, 0.29) is 6.54 Å². The van der Waals surface area contributed by atoms with Gasteiger partial charge >= 0.3 is 11.8 Å². The van der Waals surface area contributed by atoms with Crippen molar-refractivity contribution in [1.82, 2.24) is 20.7 Å². The van der Waals surface area contributed by atoms with Crippen LogP contribution < -0.4 is 10.7 Å². The van der Waals surface area contributed by atoms with E-state index in [2.05, 4.69) is 25.8 Å². The van der Waals surface area contributed by atoms with E-state index in [0.717, 1.165) is 11.1 Å². The molecule has 0 aromatic carbocycles. The fourth-order valence-corrected chi connectivity index (χ4v) is 1.43. The van der Waals surface area contributed by atoms with Crippen LogP contribution in [0.4, 0.5) is 0 Å². The minimum Gasteiger partial charge on any atom is -0.344 e. The van der Waals surface area contributed by atoms with Crippen molar-refractivity contribution in [2.24, 2.45) is 5.10 Å². The smallest absolute Gasteiger partial charge is 0.329 e. The van der Waals surface area contributed by atoms with Gasteiger partial charge in [-0.3, -0.25) is 19.6 Å². The summed E-state index contributed by atoms with van der Waals surface area (Å²) in [4.78, 5) is 30.7. The van der Waals surface area contributed by atoms with Gasteiger partial charge in [-0.15, -0.1) is 0 Å². The minimum absolute atomic E-state index is 0.253. The van der Waals surface area contributed by atoms with Gasteiger partial charge in [0.25, 0.3) is 0 Å². The largest absolute Gasteiger partial charge is 0.344 e. The van der Waals surface area contributed by atoms with Crippen LogP contribution in [0.1, 0.15) is 11.1 Å². The van der Waals surface area contributed by atoms with Crippen LogP contribution in [0.5, 0.6) is 0 Å². The fraction of sp³-hybridized carbons (Fsp3) is 0.0714. The van der Waals surface area contributed by atoms with Crippen LogP contribution in [-0.4, -0.2) is 28.0 Å². The quantitative estimate of drug-likeness (QED) is 0.477. The molecule has 0 aliphatic heterocycles. The number of amides is 2. The number of carbonyl (C=O) groups is 2. The lowest BCUT2D eigenvalue weighted by Crippen LogP contribution is -2.37. The standard InChI is InChI=1S/C14H13N5O2/c20-13(17-9-11-1-5-15-6-2-11)14(21)19-18-10-12-3-7-16-8-4-12/h1-8,10H,9H2,(H,17,20)(H,19,21)/b18-10+. The van der Waals surface area contributed by atoms with E-state index in [0.29, 0.717) is 0 Å². The molecule has 0 atom stereocenters. The summed E-state index contributed by atoms with van der Waals surface area (Å²) in [6, 6.07) is 6.94. The molecule has 0 saturated heterocycles. The van der Waals surface area contributed by atoms with Crippen LogP contribution in [0, 0.1) is 0 Å².